The van der Waals surface area contributed by atoms with E-state index in [1.54, 1.807) is 43.0 Å². The summed E-state index contributed by atoms with van der Waals surface area (Å²) in [6.45, 7) is 3.79. The van der Waals surface area contributed by atoms with Crippen LogP contribution in [-0.4, -0.2) is 15.8 Å². The number of hydrogen-bond acceptors (Lipinski definition) is 3. The first kappa shape index (κ1) is 10.2. The second-order valence-corrected chi connectivity index (χ2v) is 3.29. The smallest absolute Gasteiger partial charge is 0.193 e. The summed E-state index contributed by atoms with van der Waals surface area (Å²) in [6, 6.07) is 6.93. The fourth-order valence-corrected chi connectivity index (χ4v) is 1.35. The van der Waals surface area contributed by atoms with Gasteiger partial charge in [-0.3, -0.25) is 14.8 Å². The van der Waals surface area contributed by atoms with Gasteiger partial charge in [-0.05, 0) is 18.2 Å². The molecule has 2 rings (SSSR count). The Morgan fingerprint density at radius 1 is 1.00 bits per heavy atom. The zero-order chi connectivity index (χ0) is 11.4. The lowest BCUT2D eigenvalue weighted by Crippen LogP contribution is -2.01. The summed E-state index contributed by atoms with van der Waals surface area (Å²) in [4.78, 5) is 19.8. The van der Waals surface area contributed by atoms with Gasteiger partial charge >= 0.3 is 0 Å². The van der Waals surface area contributed by atoms with Crippen LogP contribution in [0.4, 0.5) is 0 Å². The Hall–Kier alpha value is -2.29. The summed E-state index contributed by atoms with van der Waals surface area (Å²) in [5, 5.41) is 0. The van der Waals surface area contributed by atoms with Crippen molar-refractivity contribution in [1.82, 2.24) is 9.97 Å². The average molecular weight is 210 g/mol. The number of ketones is 1. The van der Waals surface area contributed by atoms with Crippen LogP contribution in [0, 0.1) is 0 Å². The van der Waals surface area contributed by atoms with Crippen molar-refractivity contribution in [2.45, 2.75) is 0 Å². The molecule has 2 aromatic heterocycles. The van der Waals surface area contributed by atoms with Gasteiger partial charge in [0.2, 0.25) is 0 Å². The van der Waals surface area contributed by atoms with Crippen molar-refractivity contribution in [1.29, 1.82) is 0 Å². The summed E-state index contributed by atoms with van der Waals surface area (Å²) >= 11 is 0. The van der Waals surface area contributed by atoms with Crippen molar-refractivity contribution in [2.24, 2.45) is 0 Å². The lowest BCUT2D eigenvalue weighted by molar-refractivity contribution is 0.105. The van der Waals surface area contributed by atoms with Crippen LogP contribution in [-0.2, 0) is 0 Å². The van der Waals surface area contributed by atoms with Crippen LogP contribution in [0.2, 0.25) is 0 Å². The van der Waals surface area contributed by atoms with Crippen LogP contribution in [0.15, 0.2) is 55.6 Å². The van der Waals surface area contributed by atoms with E-state index in [4.69, 9.17) is 0 Å². The van der Waals surface area contributed by atoms with Crippen molar-refractivity contribution in [3.05, 3.63) is 66.8 Å². The van der Waals surface area contributed by atoms with Gasteiger partial charge in [-0.1, -0.05) is 12.6 Å². The summed E-state index contributed by atoms with van der Waals surface area (Å²) in [5.74, 6) is -0.101. The van der Waals surface area contributed by atoms with Gasteiger partial charge in [0.15, 0.2) is 5.78 Å². The van der Waals surface area contributed by atoms with E-state index in [1.165, 1.54) is 0 Å². The maximum absolute atomic E-state index is 12.0. The molecule has 0 N–H and O–H groups in total. The molecular formula is C13H10N2O. The number of Topliss-reactive ketones (excluding diaryl/α,β-unsaturated/α-hetero) is 1. The largest absolute Gasteiger partial charge is 0.289 e. The number of pyridine rings is 2. The minimum Gasteiger partial charge on any atom is -0.289 e. The molecule has 0 fully saturated rings. The van der Waals surface area contributed by atoms with Gasteiger partial charge in [0.05, 0.1) is 0 Å². The molecule has 78 valence electrons. The second-order valence-electron chi connectivity index (χ2n) is 3.29. The maximum Gasteiger partial charge on any atom is 0.193 e. The number of carbonyl (C=O) groups excluding carboxylic acids is 1. The normalized spacial score (nSPS) is 9.75. The van der Waals surface area contributed by atoms with Gasteiger partial charge < -0.3 is 0 Å². The Bertz CT molecular complexity index is 456. The van der Waals surface area contributed by atoms with Gasteiger partial charge in [-0.2, -0.15) is 0 Å². The molecule has 0 unspecified atom stereocenters. The third-order valence-corrected chi connectivity index (χ3v) is 2.23. The van der Waals surface area contributed by atoms with Crippen molar-refractivity contribution in [3.8, 4) is 0 Å². The molecule has 2 heterocycles. The molecule has 0 atom stereocenters. The fraction of sp³-hybridized carbons (Fsp3) is 0. The molecule has 0 aliphatic rings. The zero-order valence-electron chi connectivity index (χ0n) is 8.63. The lowest BCUT2D eigenvalue weighted by Gasteiger charge is -2.03. The highest BCUT2D eigenvalue weighted by Gasteiger charge is 2.11. The van der Waals surface area contributed by atoms with Crippen LogP contribution in [0.5, 0.6) is 0 Å². The monoisotopic (exact) mass is 210 g/mol. The summed E-state index contributed by atoms with van der Waals surface area (Å²) in [6.07, 6.45) is 6.46. The molecule has 0 spiro atoms. The van der Waals surface area contributed by atoms with Crippen LogP contribution in [0.25, 0.3) is 5.57 Å². The lowest BCUT2D eigenvalue weighted by atomic mass is 10.0. The molecule has 0 aliphatic carbocycles. The Kier molecular flexibility index (Phi) is 2.87. The molecule has 0 saturated heterocycles. The first-order chi connectivity index (χ1) is 7.79. The van der Waals surface area contributed by atoms with Crippen LogP contribution >= 0.6 is 0 Å². The number of aromatic nitrogens is 2. The number of rotatable bonds is 3. The number of hydrogen-bond donors (Lipinski definition) is 0. The molecule has 3 heteroatoms. The molecule has 0 saturated carbocycles. The van der Waals surface area contributed by atoms with Crippen LogP contribution < -0.4 is 0 Å². The van der Waals surface area contributed by atoms with E-state index in [9.17, 15) is 4.79 Å². The molecule has 2 aromatic rings. The van der Waals surface area contributed by atoms with Gasteiger partial charge in [0.1, 0.15) is 0 Å². The molecule has 0 aromatic carbocycles. The molecule has 0 aliphatic heterocycles. The predicted octanol–water partition coefficient (Wildman–Crippen LogP) is 2.37. The second kappa shape index (κ2) is 4.49. The highest BCUT2D eigenvalue weighted by Crippen LogP contribution is 2.16. The summed E-state index contributed by atoms with van der Waals surface area (Å²) in [5.41, 5.74) is 1.77. The highest BCUT2D eigenvalue weighted by atomic mass is 16.1. The van der Waals surface area contributed by atoms with Crippen LogP contribution in [0.1, 0.15) is 15.9 Å². The van der Waals surface area contributed by atoms with E-state index in [2.05, 4.69) is 16.5 Å². The topological polar surface area (TPSA) is 42.9 Å². The Morgan fingerprint density at radius 3 is 2.38 bits per heavy atom. The summed E-state index contributed by atoms with van der Waals surface area (Å²) in [7, 11) is 0. The third-order valence-electron chi connectivity index (χ3n) is 2.23. The SMILES string of the molecule is C=C(C(=O)c1ccncc1)c1cccnc1. The standard InChI is InChI=1S/C13H10N2O/c1-10(12-3-2-6-15-9-12)13(16)11-4-7-14-8-5-11/h2-9H,1H2. The fourth-order valence-electron chi connectivity index (χ4n) is 1.35. The van der Waals surface area contributed by atoms with Crippen molar-refractivity contribution < 1.29 is 4.79 Å². The molecule has 0 radical (unpaired) electrons. The average Bonchev–Trinajstić information content (AvgIpc) is 2.39. The first-order valence-electron chi connectivity index (χ1n) is 4.83. The Morgan fingerprint density at radius 2 is 1.75 bits per heavy atom. The van der Waals surface area contributed by atoms with Gasteiger partial charge in [0.25, 0.3) is 0 Å². The predicted molar refractivity (Wildman–Crippen MR) is 61.8 cm³/mol. The molecule has 16 heavy (non-hydrogen) atoms. The van der Waals surface area contributed by atoms with Gasteiger partial charge in [0, 0.05) is 41.5 Å². The third kappa shape index (κ3) is 2.03. The first-order valence-corrected chi connectivity index (χ1v) is 4.83. The molecule has 0 amide bonds. The maximum atomic E-state index is 12.0. The van der Waals surface area contributed by atoms with E-state index < -0.39 is 0 Å². The number of carbonyl (C=O) groups is 1. The van der Waals surface area contributed by atoms with Crippen LogP contribution in [0.3, 0.4) is 0 Å². The van der Waals surface area contributed by atoms with E-state index in [0.29, 0.717) is 11.1 Å². The summed E-state index contributed by atoms with van der Waals surface area (Å²) < 4.78 is 0. The molecule has 0 bridgehead atoms. The Balaban J connectivity index is 2.28. The van der Waals surface area contributed by atoms with Crippen molar-refractivity contribution >= 4 is 11.4 Å². The number of allylic oxidation sites excluding steroid dienone is 1. The number of nitrogens with zero attached hydrogens (tertiary/aromatic N) is 2. The highest BCUT2D eigenvalue weighted by molar-refractivity contribution is 6.28. The van der Waals surface area contributed by atoms with Crippen molar-refractivity contribution in [2.75, 3.05) is 0 Å². The molecular weight excluding hydrogens is 200 g/mol. The van der Waals surface area contributed by atoms with Crippen molar-refractivity contribution in [3.63, 3.8) is 0 Å². The molecule has 3 nitrogen and oxygen atoms in total. The van der Waals surface area contributed by atoms with Gasteiger partial charge in [-0.15, -0.1) is 0 Å². The van der Waals surface area contributed by atoms with E-state index >= 15 is 0 Å². The Labute approximate surface area is 93.5 Å². The zero-order valence-corrected chi connectivity index (χ0v) is 8.63. The van der Waals surface area contributed by atoms with E-state index in [1.807, 2.05) is 6.07 Å². The minimum absolute atomic E-state index is 0.101. The van der Waals surface area contributed by atoms with E-state index in [0.717, 1.165) is 5.56 Å². The van der Waals surface area contributed by atoms with Gasteiger partial charge in [-0.25, -0.2) is 0 Å². The minimum atomic E-state index is -0.101. The quantitative estimate of drug-likeness (QED) is 0.577. The van der Waals surface area contributed by atoms with E-state index in [-0.39, 0.29) is 5.78 Å².